The fourth-order valence-corrected chi connectivity index (χ4v) is 5.39. The van der Waals surface area contributed by atoms with E-state index in [1.807, 2.05) is 0 Å². The molecule has 2 aromatic rings. The number of carbonyl (C=O) groups excluding carboxylic acids is 2. The highest BCUT2D eigenvalue weighted by molar-refractivity contribution is 7.17. The summed E-state index contributed by atoms with van der Waals surface area (Å²) in [7, 11) is 1.41. The van der Waals surface area contributed by atoms with Crippen molar-refractivity contribution in [2.24, 2.45) is 5.41 Å². The Morgan fingerprint density at radius 3 is 2.59 bits per heavy atom. The first-order valence-corrected chi connectivity index (χ1v) is 11.0. The molecule has 1 saturated carbocycles. The fraction of sp³-hybridized carbons (Fsp3) is 0.550. The zero-order chi connectivity index (χ0) is 22.7. The number of likely N-dealkylation sites (tertiary alicyclic amines) is 1. The van der Waals surface area contributed by atoms with Gasteiger partial charge in [-0.1, -0.05) is 0 Å². The summed E-state index contributed by atoms with van der Waals surface area (Å²) in [5, 5.41) is 3.78. The lowest BCUT2D eigenvalue weighted by molar-refractivity contribution is -0.139. The molecule has 2 saturated heterocycles. The SMILES string of the molecule is CNC(=O)c1csc2c(C(F)(F)F)cc(OC3CC4(C3)CN(C(=O)OC3COC3)C4)nc12. The zero-order valence-corrected chi connectivity index (χ0v) is 17.8. The number of amides is 2. The number of fused-ring (bicyclic) bond motifs is 1. The van der Waals surface area contributed by atoms with Crippen molar-refractivity contribution >= 4 is 33.6 Å². The monoisotopic (exact) mass is 471 g/mol. The van der Waals surface area contributed by atoms with Crippen molar-refractivity contribution in [1.82, 2.24) is 15.2 Å². The summed E-state index contributed by atoms with van der Waals surface area (Å²) >= 11 is 0.828. The molecule has 5 rings (SSSR count). The Labute approximate surface area is 184 Å². The number of hydrogen-bond donors (Lipinski definition) is 1. The van der Waals surface area contributed by atoms with Crippen LogP contribution in [0.2, 0.25) is 0 Å². The van der Waals surface area contributed by atoms with E-state index in [-0.39, 0.29) is 45.4 Å². The smallest absolute Gasteiger partial charge is 0.418 e. The molecule has 12 heteroatoms. The molecule has 0 unspecified atom stereocenters. The zero-order valence-electron chi connectivity index (χ0n) is 17.0. The maximum atomic E-state index is 13.6. The highest BCUT2D eigenvalue weighted by atomic mass is 32.1. The summed E-state index contributed by atoms with van der Waals surface area (Å²) in [6.07, 6.45) is -4.24. The van der Waals surface area contributed by atoms with Gasteiger partial charge in [-0.3, -0.25) is 4.79 Å². The molecular weight excluding hydrogens is 451 g/mol. The van der Waals surface area contributed by atoms with Gasteiger partial charge in [0.2, 0.25) is 5.88 Å². The van der Waals surface area contributed by atoms with Crippen LogP contribution < -0.4 is 10.1 Å². The first-order chi connectivity index (χ1) is 15.2. The van der Waals surface area contributed by atoms with Crippen LogP contribution in [0.25, 0.3) is 10.2 Å². The fourth-order valence-electron chi connectivity index (χ4n) is 4.36. The first kappa shape index (κ1) is 21.3. The van der Waals surface area contributed by atoms with Crippen LogP contribution in [0.1, 0.15) is 28.8 Å². The lowest BCUT2D eigenvalue weighted by Crippen LogP contribution is -2.66. The number of pyridine rings is 1. The highest BCUT2D eigenvalue weighted by Crippen LogP contribution is 2.50. The summed E-state index contributed by atoms with van der Waals surface area (Å²) in [6, 6.07) is 0.891. The number of hydrogen-bond acceptors (Lipinski definition) is 7. The molecule has 172 valence electrons. The molecular formula is C20H20F3N3O5S. The van der Waals surface area contributed by atoms with E-state index in [0.29, 0.717) is 39.1 Å². The van der Waals surface area contributed by atoms with Crippen LogP contribution in [-0.2, 0) is 15.7 Å². The molecule has 3 aliphatic rings. The van der Waals surface area contributed by atoms with Crippen LogP contribution in [0.15, 0.2) is 11.4 Å². The molecule has 0 atom stereocenters. The minimum Gasteiger partial charge on any atom is -0.474 e. The van der Waals surface area contributed by atoms with Gasteiger partial charge in [-0.05, 0) is 12.8 Å². The molecule has 1 spiro atoms. The summed E-state index contributed by atoms with van der Waals surface area (Å²) < 4.78 is 56.8. The van der Waals surface area contributed by atoms with Gasteiger partial charge >= 0.3 is 12.3 Å². The predicted molar refractivity (Wildman–Crippen MR) is 107 cm³/mol. The number of ether oxygens (including phenoxy) is 3. The molecule has 0 radical (unpaired) electrons. The normalized spacial score (nSPS) is 20.4. The summed E-state index contributed by atoms with van der Waals surface area (Å²) in [4.78, 5) is 29.9. The van der Waals surface area contributed by atoms with Gasteiger partial charge in [-0.25, -0.2) is 9.78 Å². The number of alkyl halides is 3. The number of nitrogens with one attached hydrogen (secondary N) is 1. The Kier molecular flexibility index (Phi) is 4.97. The number of halogens is 3. The summed E-state index contributed by atoms with van der Waals surface area (Å²) in [5.41, 5.74) is -0.902. The molecule has 2 amide bonds. The molecule has 1 aliphatic carbocycles. The summed E-state index contributed by atoms with van der Waals surface area (Å²) in [5.74, 6) is -0.666. The van der Waals surface area contributed by atoms with Gasteiger partial charge < -0.3 is 24.4 Å². The number of carbonyl (C=O) groups is 2. The van der Waals surface area contributed by atoms with Gasteiger partial charge in [-0.15, -0.1) is 11.3 Å². The van der Waals surface area contributed by atoms with Crippen molar-refractivity contribution in [2.45, 2.75) is 31.2 Å². The van der Waals surface area contributed by atoms with Crippen molar-refractivity contribution in [3.8, 4) is 5.88 Å². The second-order valence-corrected chi connectivity index (χ2v) is 9.34. The number of rotatable bonds is 4. The lowest BCUT2D eigenvalue weighted by Gasteiger charge is -2.57. The molecule has 32 heavy (non-hydrogen) atoms. The van der Waals surface area contributed by atoms with Crippen molar-refractivity contribution in [3.63, 3.8) is 0 Å². The Morgan fingerprint density at radius 2 is 2.00 bits per heavy atom. The van der Waals surface area contributed by atoms with Crippen LogP contribution in [-0.4, -0.2) is 67.4 Å². The van der Waals surface area contributed by atoms with Crippen molar-refractivity contribution in [2.75, 3.05) is 33.4 Å². The Morgan fingerprint density at radius 1 is 1.28 bits per heavy atom. The Balaban J connectivity index is 1.26. The second kappa shape index (κ2) is 7.48. The van der Waals surface area contributed by atoms with E-state index >= 15 is 0 Å². The maximum Gasteiger partial charge on any atom is 0.418 e. The van der Waals surface area contributed by atoms with E-state index in [0.717, 1.165) is 17.4 Å². The van der Waals surface area contributed by atoms with Gasteiger partial charge in [0.15, 0.2) is 6.10 Å². The van der Waals surface area contributed by atoms with Crippen molar-refractivity contribution in [1.29, 1.82) is 0 Å². The van der Waals surface area contributed by atoms with Gasteiger partial charge in [0.25, 0.3) is 5.91 Å². The molecule has 4 heterocycles. The molecule has 3 fully saturated rings. The predicted octanol–water partition coefficient (Wildman–Crippen LogP) is 3.05. The van der Waals surface area contributed by atoms with E-state index in [4.69, 9.17) is 14.2 Å². The first-order valence-electron chi connectivity index (χ1n) is 10.1. The van der Waals surface area contributed by atoms with E-state index < -0.39 is 17.6 Å². The Bertz CT molecular complexity index is 1070. The van der Waals surface area contributed by atoms with Crippen LogP contribution in [0.5, 0.6) is 5.88 Å². The quantitative estimate of drug-likeness (QED) is 0.737. The maximum absolute atomic E-state index is 13.6. The number of thiophene rings is 1. The van der Waals surface area contributed by atoms with Gasteiger partial charge in [-0.2, -0.15) is 13.2 Å². The molecule has 2 aliphatic heterocycles. The molecule has 8 nitrogen and oxygen atoms in total. The molecule has 2 aromatic heterocycles. The number of aromatic nitrogens is 1. The lowest BCUT2D eigenvalue weighted by atomic mass is 9.62. The average molecular weight is 471 g/mol. The molecule has 0 bridgehead atoms. The van der Waals surface area contributed by atoms with E-state index in [1.165, 1.54) is 12.4 Å². The van der Waals surface area contributed by atoms with Crippen molar-refractivity contribution in [3.05, 3.63) is 22.6 Å². The van der Waals surface area contributed by atoms with E-state index in [2.05, 4.69) is 10.3 Å². The third-order valence-corrected chi connectivity index (χ3v) is 7.07. The molecule has 1 N–H and O–H groups in total. The minimum atomic E-state index is -4.61. The van der Waals surface area contributed by atoms with Gasteiger partial charge in [0.05, 0.1) is 34.6 Å². The van der Waals surface area contributed by atoms with Crippen LogP contribution in [0, 0.1) is 5.41 Å². The van der Waals surface area contributed by atoms with Crippen molar-refractivity contribution < 1.29 is 37.0 Å². The second-order valence-electron chi connectivity index (χ2n) is 8.46. The summed E-state index contributed by atoms with van der Waals surface area (Å²) in [6.45, 7) is 1.91. The standard InChI is InChI=1S/C20H20F3N3O5S/c1-24-17(27)12-7-32-16-13(20(21,22)23)2-14(25-15(12)16)30-10-3-19(4-10)8-26(9-19)18(28)31-11-5-29-6-11/h2,7,10-11H,3-6,8-9H2,1H3,(H,24,27). The van der Waals surface area contributed by atoms with E-state index in [1.54, 1.807) is 4.90 Å². The molecule has 0 aromatic carbocycles. The van der Waals surface area contributed by atoms with Gasteiger partial charge in [0, 0.05) is 37.0 Å². The average Bonchev–Trinajstić information content (AvgIpc) is 3.07. The van der Waals surface area contributed by atoms with E-state index in [9.17, 15) is 22.8 Å². The largest absolute Gasteiger partial charge is 0.474 e. The minimum absolute atomic E-state index is 0.0225. The highest BCUT2D eigenvalue weighted by Gasteiger charge is 2.55. The Hall–Kier alpha value is -2.60. The number of nitrogens with zero attached hydrogens (tertiary/aromatic N) is 2. The van der Waals surface area contributed by atoms with Gasteiger partial charge in [0.1, 0.15) is 6.10 Å². The van der Waals surface area contributed by atoms with Crippen LogP contribution in [0.4, 0.5) is 18.0 Å². The third-order valence-electron chi connectivity index (χ3n) is 6.07. The van der Waals surface area contributed by atoms with Crippen LogP contribution >= 0.6 is 11.3 Å². The topological polar surface area (TPSA) is 90.0 Å². The van der Waals surface area contributed by atoms with Crippen LogP contribution in [0.3, 0.4) is 0 Å². The third kappa shape index (κ3) is 3.64.